The van der Waals surface area contributed by atoms with E-state index in [-0.39, 0.29) is 17.7 Å². The van der Waals surface area contributed by atoms with Gasteiger partial charge in [-0.25, -0.2) is 0 Å². The second-order valence-corrected chi connectivity index (χ2v) is 7.96. The molecule has 1 N–H and O–H groups in total. The van der Waals surface area contributed by atoms with Crippen molar-refractivity contribution >= 4 is 11.8 Å². The summed E-state index contributed by atoms with van der Waals surface area (Å²) in [5.74, 6) is 0.408. The van der Waals surface area contributed by atoms with Crippen molar-refractivity contribution in [2.24, 2.45) is 5.92 Å². The zero-order valence-electron chi connectivity index (χ0n) is 16.3. The molecular weight excluding hydrogens is 348 g/mol. The number of piperidine rings is 2. The van der Waals surface area contributed by atoms with Gasteiger partial charge in [-0.05, 0) is 67.3 Å². The van der Waals surface area contributed by atoms with Crippen LogP contribution in [-0.2, 0) is 11.2 Å². The van der Waals surface area contributed by atoms with E-state index in [0.717, 1.165) is 68.4 Å². The van der Waals surface area contributed by atoms with Crippen molar-refractivity contribution in [2.75, 3.05) is 19.6 Å². The van der Waals surface area contributed by atoms with Crippen molar-refractivity contribution in [2.45, 2.75) is 38.5 Å². The molecule has 0 aromatic heterocycles. The molecule has 4 heteroatoms. The van der Waals surface area contributed by atoms with Crippen molar-refractivity contribution in [3.05, 3.63) is 59.7 Å². The smallest absolute Gasteiger partial charge is 0.253 e. The van der Waals surface area contributed by atoms with Gasteiger partial charge in [-0.3, -0.25) is 9.59 Å². The molecule has 0 radical (unpaired) electrons. The fourth-order valence-electron chi connectivity index (χ4n) is 4.26. The van der Waals surface area contributed by atoms with Gasteiger partial charge in [0.1, 0.15) is 0 Å². The zero-order valence-corrected chi connectivity index (χ0v) is 16.3. The molecule has 2 heterocycles. The molecule has 28 heavy (non-hydrogen) atoms. The van der Waals surface area contributed by atoms with E-state index in [1.165, 1.54) is 12.0 Å². The highest BCUT2D eigenvalue weighted by Crippen LogP contribution is 2.24. The molecule has 4 nitrogen and oxygen atoms in total. The van der Waals surface area contributed by atoms with E-state index < -0.39 is 0 Å². The van der Waals surface area contributed by atoms with E-state index in [4.69, 9.17) is 0 Å². The SMILES string of the molecule is O=C1NCCC[C@H]1Cc1ccc(-c2cccc(C(=O)N3CCCCC3)c2)cc1. The molecule has 2 saturated heterocycles. The standard InChI is InChI=1S/C24H28N2O2/c27-23-21(8-5-13-25-23)16-18-9-11-19(12-10-18)20-6-4-7-22(17-20)24(28)26-14-2-1-3-15-26/h4,6-7,9-12,17,21H,1-3,5,8,13-16H2,(H,25,27)/t21-/m0/s1. The summed E-state index contributed by atoms with van der Waals surface area (Å²) in [6.07, 6.45) is 6.25. The number of hydrogen-bond donors (Lipinski definition) is 1. The van der Waals surface area contributed by atoms with Crippen LogP contribution in [-0.4, -0.2) is 36.3 Å². The number of carbonyl (C=O) groups is 2. The summed E-state index contributed by atoms with van der Waals surface area (Å²) in [6, 6.07) is 16.3. The Balaban J connectivity index is 1.46. The summed E-state index contributed by atoms with van der Waals surface area (Å²) in [6.45, 7) is 2.54. The van der Waals surface area contributed by atoms with Crippen molar-refractivity contribution in [3.63, 3.8) is 0 Å². The van der Waals surface area contributed by atoms with E-state index in [2.05, 4.69) is 35.6 Å². The van der Waals surface area contributed by atoms with Crippen LogP contribution in [0.15, 0.2) is 48.5 Å². The summed E-state index contributed by atoms with van der Waals surface area (Å²) in [5.41, 5.74) is 4.11. The van der Waals surface area contributed by atoms with Gasteiger partial charge in [-0.2, -0.15) is 0 Å². The highest BCUT2D eigenvalue weighted by atomic mass is 16.2. The topological polar surface area (TPSA) is 49.4 Å². The monoisotopic (exact) mass is 376 g/mol. The number of rotatable bonds is 4. The molecule has 0 saturated carbocycles. The van der Waals surface area contributed by atoms with Crippen LogP contribution in [0.3, 0.4) is 0 Å². The second-order valence-electron chi connectivity index (χ2n) is 7.96. The van der Waals surface area contributed by atoms with Crippen LogP contribution in [0.5, 0.6) is 0 Å². The molecule has 1 atom stereocenters. The highest BCUT2D eigenvalue weighted by Gasteiger charge is 2.22. The van der Waals surface area contributed by atoms with Gasteiger partial charge in [0.2, 0.25) is 5.91 Å². The average Bonchev–Trinajstić information content (AvgIpc) is 2.76. The minimum absolute atomic E-state index is 0.0880. The number of hydrogen-bond acceptors (Lipinski definition) is 2. The van der Waals surface area contributed by atoms with Gasteiger partial charge in [-0.15, -0.1) is 0 Å². The van der Waals surface area contributed by atoms with Crippen molar-refractivity contribution in [1.82, 2.24) is 10.2 Å². The number of nitrogens with one attached hydrogen (secondary N) is 1. The summed E-state index contributed by atoms with van der Waals surface area (Å²) in [4.78, 5) is 26.7. The van der Waals surface area contributed by atoms with Crippen molar-refractivity contribution in [3.8, 4) is 11.1 Å². The summed E-state index contributed by atoms with van der Waals surface area (Å²) >= 11 is 0. The van der Waals surface area contributed by atoms with Crippen LogP contribution in [0.25, 0.3) is 11.1 Å². The van der Waals surface area contributed by atoms with Crippen LogP contribution in [0.4, 0.5) is 0 Å². The lowest BCUT2D eigenvalue weighted by Crippen LogP contribution is -2.37. The fourth-order valence-corrected chi connectivity index (χ4v) is 4.26. The Morgan fingerprint density at radius 2 is 1.75 bits per heavy atom. The number of amides is 2. The largest absolute Gasteiger partial charge is 0.356 e. The normalized spacial score (nSPS) is 19.9. The molecule has 4 rings (SSSR count). The van der Waals surface area contributed by atoms with Gasteiger partial charge >= 0.3 is 0 Å². The maximum atomic E-state index is 12.8. The molecular formula is C24H28N2O2. The molecule has 2 aliphatic rings. The predicted octanol–water partition coefficient (Wildman–Crippen LogP) is 4.05. The average molecular weight is 377 g/mol. The van der Waals surface area contributed by atoms with E-state index in [1.54, 1.807) is 0 Å². The Morgan fingerprint density at radius 1 is 0.964 bits per heavy atom. The first kappa shape index (κ1) is 18.7. The lowest BCUT2D eigenvalue weighted by Gasteiger charge is -2.26. The molecule has 146 valence electrons. The lowest BCUT2D eigenvalue weighted by molar-refractivity contribution is -0.126. The van der Waals surface area contributed by atoms with Crippen LogP contribution >= 0.6 is 0 Å². The number of benzene rings is 2. The molecule has 2 aromatic carbocycles. The third-order valence-corrected chi connectivity index (χ3v) is 5.92. The maximum Gasteiger partial charge on any atom is 0.253 e. The Kier molecular flexibility index (Phi) is 5.75. The van der Waals surface area contributed by atoms with E-state index in [1.807, 2.05) is 23.1 Å². The Hall–Kier alpha value is -2.62. The molecule has 2 amide bonds. The molecule has 0 aliphatic carbocycles. The Labute approximate surface area is 166 Å². The first-order chi connectivity index (χ1) is 13.7. The quantitative estimate of drug-likeness (QED) is 0.875. The number of carbonyl (C=O) groups excluding carboxylic acids is 2. The predicted molar refractivity (Wildman–Crippen MR) is 111 cm³/mol. The minimum atomic E-state index is 0.0880. The van der Waals surface area contributed by atoms with Gasteiger partial charge in [0, 0.05) is 31.1 Å². The van der Waals surface area contributed by atoms with Crippen LogP contribution in [0.2, 0.25) is 0 Å². The van der Waals surface area contributed by atoms with E-state index >= 15 is 0 Å². The molecule has 2 fully saturated rings. The van der Waals surface area contributed by atoms with Crippen molar-refractivity contribution < 1.29 is 9.59 Å². The third kappa shape index (κ3) is 4.27. The second kappa shape index (κ2) is 8.59. The first-order valence-corrected chi connectivity index (χ1v) is 10.5. The summed E-state index contributed by atoms with van der Waals surface area (Å²) in [5, 5.41) is 2.96. The number of nitrogens with zero attached hydrogens (tertiary/aromatic N) is 1. The maximum absolute atomic E-state index is 12.8. The molecule has 0 spiro atoms. The highest BCUT2D eigenvalue weighted by molar-refractivity contribution is 5.95. The van der Waals surface area contributed by atoms with Gasteiger partial charge in [0.25, 0.3) is 5.91 Å². The molecule has 2 aliphatic heterocycles. The first-order valence-electron chi connectivity index (χ1n) is 10.5. The van der Waals surface area contributed by atoms with Gasteiger partial charge in [-0.1, -0.05) is 36.4 Å². The Morgan fingerprint density at radius 3 is 2.50 bits per heavy atom. The fraction of sp³-hybridized carbons (Fsp3) is 0.417. The molecule has 2 aromatic rings. The van der Waals surface area contributed by atoms with Gasteiger partial charge in [0.05, 0.1) is 0 Å². The van der Waals surface area contributed by atoms with Crippen LogP contribution in [0.1, 0.15) is 48.0 Å². The van der Waals surface area contributed by atoms with Crippen LogP contribution in [0, 0.1) is 5.92 Å². The van der Waals surface area contributed by atoms with Crippen LogP contribution < -0.4 is 5.32 Å². The van der Waals surface area contributed by atoms with Gasteiger partial charge in [0.15, 0.2) is 0 Å². The van der Waals surface area contributed by atoms with Gasteiger partial charge < -0.3 is 10.2 Å². The lowest BCUT2D eigenvalue weighted by atomic mass is 9.91. The molecule has 0 bridgehead atoms. The minimum Gasteiger partial charge on any atom is -0.356 e. The third-order valence-electron chi connectivity index (χ3n) is 5.92. The van der Waals surface area contributed by atoms with E-state index in [0.29, 0.717) is 0 Å². The summed E-state index contributed by atoms with van der Waals surface area (Å²) in [7, 11) is 0. The number of likely N-dealkylation sites (tertiary alicyclic amines) is 1. The zero-order chi connectivity index (χ0) is 19.3. The van der Waals surface area contributed by atoms with Crippen molar-refractivity contribution in [1.29, 1.82) is 0 Å². The summed E-state index contributed by atoms with van der Waals surface area (Å²) < 4.78 is 0. The van der Waals surface area contributed by atoms with E-state index in [9.17, 15) is 9.59 Å². The Bertz CT molecular complexity index is 838. The molecule has 0 unspecified atom stereocenters.